The number of ether oxygens (including phenoxy) is 4. The highest BCUT2D eigenvalue weighted by atomic mass is 32.2. The smallest absolute Gasteiger partial charge is 0.306 e. The molecule has 1 fully saturated rings. The summed E-state index contributed by atoms with van der Waals surface area (Å²) in [5.41, 5.74) is 0. The first-order chi connectivity index (χ1) is 31.0. The van der Waals surface area contributed by atoms with Crippen molar-refractivity contribution < 1.29 is 56.8 Å². The number of hydrogen-bond acceptors (Lipinski definition) is 11. The maximum atomic E-state index is 12.9. The van der Waals surface area contributed by atoms with Gasteiger partial charge < -0.3 is 34.3 Å². The van der Waals surface area contributed by atoms with Crippen LogP contribution in [0.5, 0.6) is 0 Å². The summed E-state index contributed by atoms with van der Waals surface area (Å²) in [5.74, 6) is -2.03. The van der Waals surface area contributed by atoms with E-state index in [4.69, 9.17) is 18.9 Å². The van der Waals surface area contributed by atoms with Crippen LogP contribution in [0, 0.1) is 0 Å². The fourth-order valence-electron chi connectivity index (χ4n) is 7.18. The molecule has 1 aliphatic heterocycles. The van der Waals surface area contributed by atoms with Crippen molar-refractivity contribution in [3.63, 3.8) is 0 Å². The Morgan fingerprint density at radius 2 is 0.938 bits per heavy atom. The predicted molar refractivity (Wildman–Crippen MR) is 256 cm³/mol. The molecule has 0 bridgehead atoms. The summed E-state index contributed by atoms with van der Waals surface area (Å²) >= 11 is 0. The lowest BCUT2D eigenvalue weighted by molar-refractivity contribution is -0.297. The van der Waals surface area contributed by atoms with Crippen LogP contribution < -0.4 is 0 Å². The van der Waals surface area contributed by atoms with E-state index in [1.165, 1.54) is 83.5 Å². The molecule has 6 atom stereocenters. The van der Waals surface area contributed by atoms with Crippen molar-refractivity contribution in [3.05, 3.63) is 60.8 Å². The molecular formula is C51H88O12S. The molecule has 12 nitrogen and oxygen atoms in total. The molecule has 0 aromatic heterocycles. The van der Waals surface area contributed by atoms with Crippen LogP contribution in [0.3, 0.4) is 0 Å². The van der Waals surface area contributed by atoms with Gasteiger partial charge >= 0.3 is 11.9 Å². The minimum Gasteiger partial charge on any atom is -0.462 e. The monoisotopic (exact) mass is 925 g/mol. The van der Waals surface area contributed by atoms with Crippen LogP contribution in [-0.2, 0) is 38.7 Å². The molecule has 0 aromatic rings. The SMILES string of the molecule is CCCCC/C=C/C/C=C/C/C=C/C/C=C/CCCCCC(=O)OC[C@H](CO[C@H]1O[C@H](CS(=O)(=O)O)[C@@H](O)C(O)C1O)OC(=O)CCCCCCCCC/C=C/CCCCCCCC. The zero-order valence-corrected chi connectivity index (χ0v) is 40.4. The zero-order valence-electron chi connectivity index (χ0n) is 39.6. The Morgan fingerprint density at radius 3 is 1.45 bits per heavy atom. The van der Waals surface area contributed by atoms with Gasteiger partial charge in [0, 0.05) is 12.8 Å². The van der Waals surface area contributed by atoms with Crippen LogP contribution in [0.4, 0.5) is 0 Å². The van der Waals surface area contributed by atoms with E-state index in [2.05, 4.69) is 74.6 Å². The molecule has 2 unspecified atom stereocenters. The lowest BCUT2D eigenvalue weighted by Crippen LogP contribution is -2.60. The highest BCUT2D eigenvalue weighted by Gasteiger charge is 2.46. The number of allylic oxidation sites excluding steroid dienone is 10. The second-order valence-corrected chi connectivity index (χ2v) is 18.6. The average Bonchev–Trinajstić information content (AvgIpc) is 3.26. The normalized spacial score (nSPS) is 20.1. The number of hydrogen-bond donors (Lipinski definition) is 4. The number of aliphatic hydroxyl groups is 3. The Labute approximate surface area is 387 Å². The van der Waals surface area contributed by atoms with E-state index in [1.807, 2.05) is 0 Å². The van der Waals surface area contributed by atoms with Gasteiger partial charge in [0.25, 0.3) is 10.1 Å². The minimum atomic E-state index is -4.61. The van der Waals surface area contributed by atoms with Gasteiger partial charge in [-0.15, -0.1) is 0 Å². The minimum absolute atomic E-state index is 0.150. The first kappa shape index (κ1) is 59.4. The molecule has 4 N–H and O–H groups in total. The number of aliphatic hydroxyl groups excluding tert-OH is 3. The molecule has 1 aliphatic rings. The molecular weight excluding hydrogens is 837 g/mol. The molecule has 0 spiro atoms. The molecule has 0 amide bonds. The van der Waals surface area contributed by atoms with Crippen LogP contribution >= 0.6 is 0 Å². The highest BCUT2D eigenvalue weighted by molar-refractivity contribution is 7.85. The van der Waals surface area contributed by atoms with Crippen molar-refractivity contribution in [1.29, 1.82) is 0 Å². The number of unbranched alkanes of at least 4 members (excludes halogenated alkanes) is 19. The third kappa shape index (κ3) is 34.7. The van der Waals surface area contributed by atoms with Crippen LogP contribution in [0.25, 0.3) is 0 Å². The Kier molecular flexibility index (Phi) is 37.7. The lowest BCUT2D eigenvalue weighted by atomic mass is 10.00. The van der Waals surface area contributed by atoms with Crippen LogP contribution in [0.15, 0.2) is 60.8 Å². The lowest BCUT2D eigenvalue weighted by Gasteiger charge is -2.40. The van der Waals surface area contributed by atoms with E-state index in [-0.39, 0.29) is 19.4 Å². The van der Waals surface area contributed by atoms with E-state index >= 15 is 0 Å². The first-order valence-corrected chi connectivity index (χ1v) is 26.5. The molecule has 0 saturated carbocycles. The van der Waals surface area contributed by atoms with Gasteiger partial charge in [-0.3, -0.25) is 14.1 Å². The third-order valence-electron chi connectivity index (χ3n) is 11.1. The Morgan fingerprint density at radius 1 is 0.531 bits per heavy atom. The van der Waals surface area contributed by atoms with Gasteiger partial charge in [0.1, 0.15) is 36.8 Å². The molecule has 0 aromatic carbocycles. The maximum Gasteiger partial charge on any atom is 0.306 e. The third-order valence-corrected chi connectivity index (χ3v) is 11.8. The Balaban J connectivity index is 2.43. The summed E-state index contributed by atoms with van der Waals surface area (Å²) in [4.78, 5) is 25.5. The van der Waals surface area contributed by atoms with Crippen molar-refractivity contribution in [2.45, 2.75) is 230 Å². The van der Waals surface area contributed by atoms with Crippen molar-refractivity contribution in [1.82, 2.24) is 0 Å². The van der Waals surface area contributed by atoms with Crippen molar-refractivity contribution in [2.75, 3.05) is 19.0 Å². The van der Waals surface area contributed by atoms with E-state index < -0.39 is 71.2 Å². The summed E-state index contributed by atoms with van der Waals surface area (Å²) in [6, 6.07) is 0. The second-order valence-electron chi connectivity index (χ2n) is 17.1. The van der Waals surface area contributed by atoms with Crippen molar-refractivity contribution in [3.8, 4) is 0 Å². The van der Waals surface area contributed by atoms with Crippen LogP contribution in [-0.4, -0.2) is 96.0 Å². The first-order valence-electron chi connectivity index (χ1n) is 24.8. The second kappa shape index (κ2) is 40.6. The molecule has 370 valence electrons. The van der Waals surface area contributed by atoms with Gasteiger partial charge in [-0.2, -0.15) is 8.42 Å². The summed E-state index contributed by atoms with van der Waals surface area (Å²) in [7, 11) is -4.61. The van der Waals surface area contributed by atoms with Crippen molar-refractivity contribution >= 4 is 22.1 Å². The Bertz CT molecular complexity index is 1410. The number of carbonyl (C=O) groups excluding carboxylic acids is 2. The standard InChI is InChI=1S/C51H88O12S/c1-3-5-7-9-11-13-15-17-19-21-22-24-25-27-29-31-33-35-37-39-46(52)60-41-44(42-61-51-50(56)49(55)48(54)45(63-51)43-64(57,58)59)62-47(53)40-38-36-34-32-30-28-26-23-20-18-16-14-12-10-8-6-4-2/h11,13,17-20,22,24,27,29,44-45,48-51,54-56H,3-10,12,14-16,21,23,25-26,28,30-43H2,1-2H3,(H,57,58,59)/b13-11+,19-17+,20-18+,24-22+,29-27+/t44-,45-,48-,49?,50?,51+/m1/s1. The molecule has 13 heteroatoms. The van der Waals surface area contributed by atoms with Gasteiger partial charge in [0.05, 0.1) is 6.61 Å². The summed E-state index contributed by atoms with van der Waals surface area (Å²) < 4.78 is 54.2. The summed E-state index contributed by atoms with van der Waals surface area (Å²) in [6.07, 6.45) is 41.1. The van der Waals surface area contributed by atoms with Gasteiger partial charge in [0.2, 0.25) is 0 Å². The van der Waals surface area contributed by atoms with Gasteiger partial charge in [-0.05, 0) is 83.5 Å². The Hall–Kier alpha value is -2.65. The molecule has 1 heterocycles. The highest BCUT2D eigenvalue weighted by Crippen LogP contribution is 2.24. The van der Waals surface area contributed by atoms with Gasteiger partial charge in [-0.1, -0.05) is 158 Å². The molecule has 0 aliphatic carbocycles. The largest absolute Gasteiger partial charge is 0.462 e. The molecule has 1 saturated heterocycles. The van der Waals surface area contributed by atoms with E-state index in [1.54, 1.807) is 0 Å². The summed E-state index contributed by atoms with van der Waals surface area (Å²) in [6.45, 7) is 3.71. The number of esters is 2. The quantitative estimate of drug-likeness (QED) is 0.0197. The van der Waals surface area contributed by atoms with E-state index in [0.717, 1.165) is 70.6 Å². The fraction of sp³-hybridized carbons (Fsp3) is 0.765. The van der Waals surface area contributed by atoms with Gasteiger partial charge in [-0.25, -0.2) is 0 Å². The fourth-order valence-corrected chi connectivity index (χ4v) is 7.87. The molecule has 64 heavy (non-hydrogen) atoms. The van der Waals surface area contributed by atoms with E-state index in [9.17, 15) is 37.9 Å². The van der Waals surface area contributed by atoms with Crippen LogP contribution in [0.1, 0.15) is 194 Å². The zero-order chi connectivity index (χ0) is 46.9. The van der Waals surface area contributed by atoms with E-state index in [0.29, 0.717) is 12.8 Å². The topological polar surface area (TPSA) is 186 Å². The number of rotatable bonds is 41. The average molecular weight is 925 g/mol. The van der Waals surface area contributed by atoms with Crippen molar-refractivity contribution in [2.24, 2.45) is 0 Å². The number of carbonyl (C=O) groups is 2. The molecule has 0 radical (unpaired) electrons. The summed E-state index contributed by atoms with van der Waals surface area (Å²) in [5, 5.41) is 30.9. The van der Waals surface area contributed by atoms with Gasteiger partial charge in [0.15, 0.2) is 12.4 Å². The molecule has 1 rings (SSSR count). The van der Waals surface area contributed by atoms with Crippen LogP contribution in [0.2, 0.25) is 0 Å². The predicted octanol–water partition coefficient (Wildman–Crippen LogP) is 10.9. The maximum absolute atomic E-state index is 12.9.